The van der Waals surface area contributed by atoms with Crippen LogP contribution >= 0.6 is 12.2 Å². The van der Waals surface area contributed by atoms with E-state index < -0.39 is 5.82 Å². The molecular formula is C21H17FN6O2S. The molecule has 0 fully saturated rings. The van der Waals surface area contributed by atoms with Crippen molar-refractivity contribution in [1.29, 1.82) is 5.26 Å². The summed E-state index contributed by atoms with van der Waals surface area (Å²) in [5, 5.41) is 18.5. The zero-order valence-corrected chi connectivity index (χ0v) is 17.1. The van der Waals surface area contributed by atoms with Crippen LogP contribution in [0.2, 0.25) is 0 Å². The van der Waals surface area contributed by atoms with Gasteiger partial charge in [0.15, 0.2) is 0 Å². The number of H-pyrrole nitrogens is 1. The molecule has 0 aliphatic rings. The Bertz CT molecular complexity index is 1450. The predicted octanol–water partition coefficient (Wildman–Crippen LogP) is 2.47. The maximum Gasteiger partial charge on any atom is 0.262 e. The van der Waals surface area contributed by atoms with E-state index in [1.54, 1.807) is 30.3 Å². The van der Waals surface area contributed by atoms with E-state index in [-0.39, 0.29) is 45.9 Å². The molecule has 0 saturated heterocycles. The molecule has 0 aliphatic heterocycles. The van der Waals surface area contributed by atoms with E-state index in [0.29, 0.717) is 18.5 Å². The monoisotopic (exact) mass is 436 g/mol. The molecule has 2 aromatic carbocycles. The molecule has 0 spiro atoms. The number of aromatic amines is 1. The first kappa shape index (κ1) is 20.4. The lowest BCUT2D eigenvalue weighted by Crippen LogP contribution is -2.29. The van der Waals surface area contributed by atoms with Gasteiger partial charge < -0.3 is 5.32 Å². The van der Waals surface area contributed by atoms with Gasteiger partial charge in [0.05, 0.1) is 29.0 Å². The van der Waals surface area contributed by atoms with Crippen LogP contribution in [0.3, 0.4) is 0 Å². The third-order valence-corrected chi connectivity index (χ3v) is 5.18. The number of para-hydroxylation sites is 1. The second-order valence-electron chi connectivity index (χ2n) is 6.95. The summed E-state index contributed by atoms with van der Waals surface area (Å²) in [5.74, 6) is -0.499. The Morgan fingerprint density at radius 1 is 1.26 bits per heavy atom. The molecule has 0 saturated carbocycles. The van der Waals surface area contributed by atoms with Gasteiger partial charge in [0.1, 0.15) is 5.82 Å². The van der Waals surface area contributed by atoms with Crippen molar-refractivity contribution in [1.82, 2.24) is 24.5 Å². The molecule has 31 heavy (non-hydrogen) atoms. The SMILES string of the molecule is N#Cc1ccc(CC(=O)NCCCn2c(=O)c3cccc(F)c3n3c(=S)[nH]nc23)cc1. The molecule has 0 aliphatic carbocycles. The quantitative estimate of drug-likeness (QED) is 0.357. The maximum absolute atomic E-state index is 14.4. The van der Waals surface area contributed by atoms with Gasteiger partial charge in [0.2, 0.25) is 16.5 Å². The minimum atomic E-state index is -0.556. The summed E-state index contributed by atoms with van der Waals surface area (Å²) in [7, 11) is 0. The fraction of sp³-hybridized carbons (Fsp3) is 0.190. The fourth-order valence-corrected chi connectivity index (χ4v) is 3.65. The highest BCUT2D eigenvalue weighted by molar-refractivity contribution is 7.71. The lowest BCUT2D eigenvalue weighted by Gasteiger charge is -2.11. The van der Waals surface area contributed by atoms with Gasteiger partial charge in [-0.3, -0.25) is 18.6 Å². The van der Waals surface area contributed by atoms with E-state index >= 15 is 0 Å². The van der Waals surface area contributed by atoms with Gasteiger partial charge in [-0.25, -0.2) is 9.49 Å². The van der Waals surface area contributed by atoms with E-state index in [4.69, 9.17) is 17.5 Å². The molecule has 4 aromatic rings. The molecule has 10 heteroatoms. The first-order valence-corrected chi connectivity index (χ1v) is 9.94. The van der Waals surface area contributed by atoms with Crippen molar-refractivity contribution in [2.24, 2.45) is 0 Å². The number of aryl methyl sites for hydroxylation is 1. The normalized spacial score (nSPS) is 11.0. The number of nitrogens with one attached hydrogen (secondary N) is 2. The van der Waals surface area contributed by atoms with Gasteiger partial charge in [-0.15, -0.1) is 5.10 Å². The zero-order chi connectivity index (χ0) is 22.0. The molecule has 2 aromatic heterocycles. The molecular weight excluding hydrogens is 419 g/mol. The van der Waals surface area contributed by atoms with Crippen LogP contribution in [0.15, 0.2) is 47.3 Å². The van der Waals surface area contributed by atoms with Crippen LogP contribution in [0.1, 0.15) is 17.5 Å². The molecule has 2 N–H and O–H groups in total. The number of benzene rings is 2. The van der Waals surface area contributed by atoms with Crippen LogP contribution in [-0.4, -0.2) is 31.6 Å². The molecule has 0 unspecified atom stereocenters. The van der Waals surface area contributed by atoms with Crippen molar-refractivity contribution in [3.05, 3.63) is 74.5 Å². The molecule has 0 radical (unpaired) electrons. The summed E-state index contributed by atoms with van der Waals surface area (Å²) in [6.45, 7) is 0.617. The van der Waals surface area contributed by atoms with E-state index in [1.807, 2.05) is 6.07 Å². The molecule has 1 amide bonds. The number of carbonyl (C=O) groups is 1. The number of carbonyl (C=O) groups excluding carboxylic acids is 1. The van der Waals surface area contributed by atoms with E-state index in [9.17, 15) is 14.0 Å². The Labute approximate surface area is 180 Å². The van der Waals surface area contributed by atoms with Crippen LogP contribution in [-0.2, 0) is 17.8 Å². The third-order valence-electron chi connectivity index (χ3n) is 4.91. The minimum absolute atomic E-state index is 0.0909. The van der Waals surface area contributed by atoms with Crippen molar-refractivity contribution >= 4 is 34.8 Å². The van der Waals surface area contributed by atoms with Crippen molar-refractivity contribution in [2.75, 3.05) is 6.54 Å². The third kappa shape index (κ3) is 3.95. The van der Waals surface area contributed by atoms with Crippen LogP contribution in [0.4, 0.5) is 4.39 Å². The average Bonchev–Trinajstić information content (AvgIpc) is 3.15. The van der Waals surface area contributed by atoms with Gasteiger partial charge in [0.25, 0.3) is 5.56 Å². The Balaban J connectivity index is 1.47. The summed E-state index contributed by atoms with van der Waals surface area (Å²) in [4.78, 5) is 25.1. The molecule has 156 valence electrons. The topological polar surface area (TPSA) is 108 Å². The number of hydrogen-bond donors (Lipinski definition) is 2. The van der Waals surface area contributed by atoms with E-state index in [2.05, 4.69) is 15.5 Å². The van der Waals surface area contributed by atoms with Crippen LogP contribution in [0.5, 0.6) is 0 Å². The van der Waals surface area contributed by atoms with Gasteiger partial charge in [0, 0.05) is 13.1 Å². The first-order chi connectivity index (χ1) is 15.0. The van der Waals surface area contributed by atoms with Gasteiger partial charge >= 0.3 is 0 Å². The molecule has 0 atom stereocenters. The van der Waals surface area contributed by atoms with E-state index in [0.717, 1.165) is 5.56 Å². The largest absolute Gasteiger partial charge is 0.356 e. The predicted molar refractivity (Wildman–Crippen MR) is 115 cm³/mol. The van der Waals surface area contributed by atoms with Crippen LogP contribution in [0, 0.1) is 21.9 Å². The maximum atomic E-state index is 14.4. The summed E-state index contributed by atoms with van der Waals surface area (Å²) in [6, 6.07) is 13.1. The standard InChI is InChI=1S/C21H17FN6O2S/c22-16-4-1-3-15-18(16)28-20(25-26-21(28)31)27(19(15)30)10-2-9-24-17(29)11-13-5-7-14(12-23)8-6-13/h1,3-8H,2,9-11H2,(H,24,29)(H,26,31). The highest BCUT2D eigenvalue weighted by Gasteiger charge is 2.16. The van der Waals surface area contributed by atoms with Crippen molar-refractivity contribution in [3.63, 3.8) is 0 Å². The van der Waals surface area contributed by atoms with Gasteiger partial charge in [-0.1, -0.05) is 18.2 Å². The number of halogens is 1. The number of amides is 1. The van der Waals surface area contributed by atoms with Crippen molar-refractivity contribution < 1.29 is 9.18 Å². The number of aromatic nitrogens is 4. The lowest BCUT2D eigenvalue weighted by molar-refractivity contribution is -0.120. The Morgan fingerprint density at radius 2 is 2.03 bits per heavy atom. The highest BCUT2D eigenvalue weighted by Crippen LogP contribution is 2.17. The smallest absolute Gasteiger partial charge is 0.262 e. The lowest BCUT2D eigenvalue weighted by atomic mass is 10.1. The highest BCUT2D eigenvalue weighted by atomic mass is 32.1. The van der Waals surface area contributed by atoms with Crippen LogP contribution in [0.25, 0.3) is 16.7 Å². The summed E-state index contributed by atoms with van der Waals surface area (Å²) < 4.78 is 17.4. The Kier molecular flexibility index (Phi) is 5.60. The number of nitriles is 1. The molecule has 8 nitrogen and oxygen atoms in total. The average molecular weight is 436 g/mol. The molecule has 0 bridgehead atoms. The Morgan fingerprint density at radius 3 is 2.77 bits per heavy atom. The van der Waals surface area contributed by atoms with Crippen molar-refractivity contribution in [3.8, 4) is 6.07 Å². The summed E-state index contributed by atoms with van der Waals surface area (Å²) in [6.07, 6.45) is 0.662. The van der Waals surface area contributed by atoms with Crippen LogP contribution < -0.4 is 10.9 Å². The number of nitrogens with zero attached hydrogens (tertiary/aromatic N) is 4. The molecule has 4 rings (SSSR count). The summed E-state index contributed by atoms with van der Waals surface area (Å²) >= 11 is 5.21. The van der Waals surface area contributed by atoms with Crippen molar-refractivity contribution in [2.45, 2.75) is 19.4 Å². The Hall–Kier alpha value is -3.84. The minimum Gasteiger partial charge on any atom is -0.356 e. The zero-order valence-electron chi connectivity index (χ0n) is 16.3. The van der Waals surface area contributed by atoms with E-state index in [1.165, 1.54) is 21.1 Å². The fourth-order valence-electron chi connectivity index (χ4n) is 3.43. The first-order valence-electron chi connectivity index (χ1n) is 9.53. The molecule has 2 heterocycles. The second kappa shape index (κ2) is 8.49. The number of fused-ring (bicyclic) bond motifs is 3. The number of rotatable bonds is 6. The number of hydrogen-bond acceptors (Lipinski definition) is 5. The van der Waals surface area contributed by atoms with Gasteiger partial charge in [-0.05, 0) is 48.5 Å². The summed E-state index contributed by atoms with van der Waals surface area (Å²) in [5.41, 5.74) is 1.06. The second-order valence-corrected chi connectivity index (χ2v) is 7.33. The van der Waals surface area contributed by atoms with Gasteiger partial charge in [-0.2, -0.15) is 5.26 Å².